The molecule has 3 fully saturated rings. The number of rotatable bonds is 7. The van der Waals surface area contributed by atoms with Gasteiger partial charge >= 0.3 is 5.97 Å². The highest BCUT2D eigenvalue weighted by Gasteiger charge is 2.79. The van der Waals surface area contributed by atoms with Crippen molar-refractivity contribution in [2.75, 3.05) is 19.1 Å². The lowest BCUT2D eigenvalue weighted by atomic mass is 9.42. The molecule has 15 heteroatoms. The Kier molecular flexibility index (Phi) is 7.74. The Balaban J connectivity index is 1.99. The number of carbonyl (C=O) groups is 3. The number of alkyl halides is 1. The normalized spacial score (nSPS) is 44.3. The highest BCUT2D eigenvalue weighted by molar-refractivity contribution is 7.86. The highest BCUT2D eigenvalue weighted by atomic mass is 32.2. The van der Waals surface area contributed by atoms with Gasteiger partial charge in [-0.3, -0.25) is 22.7 Å². The van der Waals surface area contributed by atoms with Crippen LogP contribution in [0.25, 0.3) is 0 Å². The summed E-state index contributed by atoms with van der Waals surface area (Å²) >= 11 is 0. The molecule has 4 rings (SSSR count). The molecule has 0 aromatic heterocycles. The maximum absolute atomic E-state index is 18.0. The van der Waals surface area contributed by atoms with E-state index < -0.39 is 109 Å². The molecule has 0 aliphatic heterocycles. The van der Waals surface area contributed by atoms with Crippen molar-refractivity contribution in [3.8, 4) is 0 Å². The number of aliphatic hydroxyl groups excluding tert-OH is 1. The molecule has 0 amide bonds. The zero-order chi connectivity index (χ0) is 31.1. The summed E-state index contributed by atoms with van der Waals surface area (Å²) in [5, 5.41) is 23.6. The fourth-order valence-electron chi connectivity index (χ4n) is 8.35. The predicted octanol–water partition coefficient (Wildman–Crippen LogP) is 0.600. The van der Waals surface area contributed by atoms with Crippen molar-refractivity contribution >= 4 is 37.8 Å². The number of Topliss-reactive ketones (excluding diaryl/α,β-unsaturated/α-hetero) is 1. The average molecular weight is 625 g/mol. The van der Waals surface area contributed by atoms with Gasteiger partial charge in [0.15, 0.2) is 18.1 Å². The predicted molar refractivity (Wildman–Crippen MR) is 140 cm³/mol. The first-order chi connectivity index (χ1) is 18.5. The second kappa shape index (κ2) is 9.88. The zero-order valence-corrected chi connectivity index (χ0v) is 25.4. The van der Waals surface area contributed by atoms with E-state index in [0.29, 0.717) is 12.5 Å². The summed E-state index contributed by atoms with van der Waals surface area (Å²) in [7, 11) is -8.77. The molecule has 3 saturated carbocycles. The van der Waals surface area contributed by atoms with Gasteiger partial charge in [0.25, 0.3) is 20.2 Å². The van der Waals surface area contributed by atoms with Crippen molar-refractivity contribution in [1.82, 2.24) is 0 Å². The van der Waals surface area contributed by atoms with E-state index >= 15 is 4.39 Å². The van der Waals surface area contributed by atoms with Gasteiger partial charge in [-0.1, -0.05) is 20.8 Å². The number of ketones is 2. The monoisotopic (exact) mass is 624 g/mol. The van der Waals surface area contributed by atoms with Gasteiger partial charge in [-0.05, 0) is 42.7 Å². The molecule has 232 valence electrons. The molecule has 10 atom stereocenters. The van der Waals surface area contributed by atoms with Crippen LogP contribution in [-0.4, -0.2) is 93.3 Å². The molecule has 12 nitrogen and oxygen atoms in total. The van der Waals surface area contributed by atoms with E-state index in [1.807, 2.05) is 0 Å². The number of fused-ring (bicyclic) bond motifs is 5. The molecule has 0 unspecified atom stereocenters. The van der Waals surface area contributed by atoms with Crippen LogP contribution in [0.4, 0.5) is 4.39 Å². The Labute approximate surface area is 238 Å². The van der Waals surface area contributed by atoms with E-state index in [9.17, 15) is 41.4 Å². The Bertz CT molecular complexity index is 1410. The van der Waals surface area contributed by atoms with Crippen molar-refractivity contribution in [2.24, 2.45) is 28.6 Å². The van der Waals surface area contributed by atoms with Crippen molar-refractivity contribution < 1.29 is 58.9 Å². The molecule has 0 bridgehead atoms. The lowest BCUT2D eigenvalue weighted by molar-refractivity contribution is -0.255. The van der Waals surface area contributed by atoms with Gasteiger partial charge in [0.2, 0.25) is 5.78 Å². The van der Waals surface area contributed by atoms with E-state index in [4.69, 9.17) is 13.1 Å². The number of esters is 1. The van der Waals surface area contributed by atoms with Crippen LogP contribution in [0.1, 0.15) is 53.4 Å². The summed E-state index contributed by atoms with van der Waals surface area (Å²) in [6, 6.07) is 0. The summed E-state index contributed by atoms with van der Waals surface area (Å²) in [6.07, 6.45) is -3.91. The summed E-state index contributed by atoms with van der Waals surface area (Å²) < 4.78 is 83.5. The second-order valence-corrected chi connectivity index (χ2v) is 15.7. The minimum absolute atomic E-state index is 0.0505. The molecule has 0 radical (unpaired) electrons. The van der Waals surface area contributed by atoms with Crippen LogP contribution in [0.15, 0.2) is 11.6 Å². The average Bonchev–Trinajstić information content (AvgIpc) is 3.01. The Morgan fingerprint density at radius 2 is 1.71 bits per heavy atom. The van der Waals surface area contributed by atoms with Gasteiger partial charge in [-0.25, -0.2) is 4.39 Å². The van der Waals surface area contributed by atoms with E-state index in [0.717, 1.165) is 13.0 Å². The van der Waals surface area contributed by atoms with Gasteiger partial charge in [-0.15, -0.1) is 0 Å². The molecular formula is C26H37FO12S2. The van der Waals surface area contributed by atoms with Gasteiger partial charge in [-0.2, -0.15) is 16.8 Å². The van der Waals surface area contributed by atoms with Crippen LogP contribution in [0, 0.1) is 28.6 Å². The van der Waals surface area contributed by atoms with Crippen molar-refractivity contribution in [3.63, 3.8) is 0 Å². The minimum Gasteiger partial charge on any atom is -0.458 e. The molecule has 4 aliphatic carbocycles. The first-order valence-corrected chi connectivity index (χ1v) is 16.9. The molecule has 41 heavy (non-hydrogen) atoms. The largest absolute Gasteiger partial charge is 0.458 e. The van der Waals surface area contributed by atoms with Gasteiger partial charge in [0, 0.05) is 30.1 Å². The topological polar surface area (TPSA) is 188 Å². The number of ether oxygens (including phenoxy) is 1. The van der Waals surface area contributed by atoms with E-state index in [1.165, 1.54) is 20.8 Å². The van der Waals surface area contributed by atoms with Crippen LogP contribution in [0.5, 0.6) is 0 Å². The molecule has 2 N–H and O–H groups in total. The summed E-state index contributed by atoms with van der Waals surface area (Å²) in [4.78, 5) is 37.3. The van der Waals surface area contributed by atoms with E-state index in [-0.39, 0.29) is 24.8 Å². The molecule has 0 saturated heterocycles. The second-order valence-electron chi connectivity index (χ2n) is 12.5. The van der Waals surface area contributed by atoms with E-state index in [2.05, 4.69) is 0 Å². The summed E-state index contributed by atoms with van der Waals surface area (Å²) in [5.41, 5.74) is -8.38. The fourth-order valence-corrected chi connectivity index (χ4v) is 9.56. The van der Waals surface area contributed by atoms with Gasteiger partial charge < -0.3 is 14.9 Å². The van der Waals surface area contributed by atoms with Crippen LogP contribution < -0.4 is 0 Å². The third kappa shape index (κ3) is 4.80. The summed E-state index contributed by atoms with van der Waals surface area (Å²) in [6.45, 7) is 4.73. The maximum atomic E-state index is 18.0. The Morgan fingerprint density at radius 3 is 2.24 bits per heavy atom. The van der Waals surface area contributed by atoms with Crippen LogP contribution >= 0.6 is 0 Å². The fraction of sp³-hybridized carbons (Fsp3) is 0.808. The highest BCUT2D eigenvalue weighted by Crippen LogP contribution is 2.72. The molecule has 0 aromatic rings. The number of hydrogen-bond acceptors (Lipinski definition) is 12. The van der Waals surface area contributed by atoms with E-state index in [1.54, 1.807) is 0 Å². The number of halogens is 1. The van der Waals surface area contributed by atoms with Gasteiger partial charge in [0.1, 0.15) is 17.8 Å². The number of aliphatic hydroxyl groups is 2. The third-order valence-corrected chi connectivity index (χ3v) is 11.2. The van der Waals surface area contributed by atoms with Crippen molar-refractivity contribution in [1.29, 1.82) is 0 Å². The van der Waals surface area contributed by atoms with Crippen LogP contribution in [-0.2, 0) is 47.7 Å². The first-order valence-electron chi connectivity index (χ1n) is 13.3. The molecule has 0 aromatic carbocycles. The number of hydrogen-bond donors (Lipinski definition) is 2. The van der Waals surface area contributed by atoms with Crippen LogP contribution in [0.2, 0.25) is 0 Å². The summed E-state index contributed by atoms with van der Waals surface area (Å²) in [5.74, 6) is -5.65. The molecule has 4 aliphatic rings. The molecule has 0 heterocycles. The van der Waals surface area contributed by atoms with Crippen LogP contribution in [0.3, 0.4) is 0 Å². The maximum Gasteiger partial charge on any atom is 0.303 e. The molecular weight excluding hydrogens is 587 g/mol. The lowest BCUT2D eigenvalue weighted by Crippen LogP contribution is -2.75. The minimum atomic E-state index is -4.43. The van der Waals surface area contributed by atoms with Crippen molar-refractivity contribution in [2.45, 2.75) is 83.0 Å². The zero-order valence-electron chi connectivity index (χ0n) is 23.7. The lowest BCUT2D eigenvalue weighted by Gasteiger charge is -2.65. The smallest absolute Gasteiger partial charge is 0.303 e. The molecule has 0 spiro atoms. The first kappa shape index (κ1) is 32.1. The standard InChI is InChI=1S/C26H37FO12S2/c1-13-9-16-20-22(39-41(6,35)36)21(38-40(5,33)34)17-10-15(29)7-8-23(17,3)25(20,27)18(30)11-24(16,4)26(13,32)19(31)12-37-14(2)28/h10,13,16,18,20-22,30,32H,7-9,11-12H2,1-6H3/t13-,16+,18+,20-,21+,22-,23+,24+,25-,26+/m1/s1. The third-order valence-electron chi connectivity index (χ3n) is 10.1. The van der Waals surface area contributed by atoms with Crippen molar-refractivity contribution in [3.05, 3.63) is 11.6 Å². The van der Waals surface area contributed by atoms with Gasteiger partial charge in [0.05, 0.1) is 18.6 Å². The number of carbonyl (C=O) groups excluding carboxylic acids is 3. The quantitative estimate of drug-likeness (QED) is 0.297. The Hall–Kier alpha value is -1.78. The SMILES string of the molecule is CC(=O)OCC(=O)[C@@]1(O)[C@H](C)C[C@H]2[C@@H]3[C@@H](OS(C)(=O)=O)[C@@H](OS(C)(=O)=O)C4=CC(=O)CC[C@]4(C)[C@@]3(F)[C@@H](O)C[C@@]21C. The Morgan fingerprint density at radius 1 is 1.12 bits per heavy atom.